The van der Waals surface area contributed by atoms with E-state index in [9.17, 15) is 10.1 Å². The number of carbonyl (C=O) groups excluding carboxylic acids is 1. The Hall–Kier alpha value is -2.66. The van der Waals surface area contributed by atoms with Crippen LogP contribution in [0.4, 0.5) is 5.95 Å². The number of allylic oxidation sites excluding steroid dienone is 4. The van der Waals surface area contributed by atoms with Crippen LogP contribution < -0.4 is 10.6 Å². The van der Waals surface area contributed by atoms with Crippen LogP contribution in [0.15, 0.2) is 34.7 Å². The summed E-state index contributed by atoms with van der Waals surface area (Å²) in [5.74, 6) is 0.716. The maximum atomic E-state index is 11.6. The molecular formula is C19H21BrN6O. The largest absolute Gasteiger partial charge is 0.354 e. The molecule has 0 atom stereocenters. The van der Waals surface area contributed by atoms with Crippen LogP contribution in [0.2, 0.25) is 0 Å². The van der Waals surface area contributed by atoms with E-state index < -0.39 is 0 Å². The Bertz CT molecular complexity index is 867. The highest BCUT2D eigenvalue weighted by atomic mass is 79.9. The zero-order chi connectivity index (χ0) is 19.2. The van der Waals surface area contributed by atoms with Crippen LogP contribution in [0.5, 0.6) is 0 Å². The molecule has 1 aromatic rings. The standard InChI is InChI=1S/C19H21BrN6O/c1-13-12-23-19(22-8-4-10-26-9-3-7-17(26)27)25-18(13)14(11-21)15-5-2-6-16(20)24-15/h2,5-6,12,24H,3-4,7-10H2,1H3,(H,22,23,25). The number of anilines is 1. The van der Waals surface area contributed by atoms with E-state index in [0.29, 0.717) is 35.9 Å². The smallest absolute Gasteiger partial charge is 0.223 e. The first-order valence-corrected chi connectivity index (χ1v) is 9.68. The number of dihydropyridines is 1. The molecule has 0 saturated carbocycles. The first-order valence-electron chi connectivity index (χ1n) is 8.89. The normalized spacial score (nSPS) is 18.0. The van der Waals surface area contributed by atoms with E-state index >= 15 is 0 Å². The van der Waals surface area contributed by atoms with Gasteiger partial charge in [0.2, 0.25) is 11.9 Å². The summed E-state index contributed by atoms with van der Waals surface area (Å²) in [5.41, 5.74) is 2.57. The van der Waals surface area contributed by atoms with Gasteiger partial charge in [0, 0.05) is 32.3 Å². The average molecular weight is 429 g/mol. The molecule has 27 heavy (non-hydrogen) atoms. The minimum atomic E-state index is 0.238. The molecule has 140 valence electrons. The molecule has 0 aromatic carbocycles. The Morgan fingerprint density at radius 2 is 2.37 bits per heavy atom. The molecule has 8 heteroatoms. The summed E-state index contributed by atoms with van der Waals surface area (Å²) < 4.78 is 0.786. The van der Waals surface area contributed by atoms with E-state index in [1.165, 1.54) is 0 Å². The van der Waals surface area contributed by atoms with Gasteiger partial charge in [0.25, 0.3) is 0 Å². The van der Waals surface area contributed by atoms with Crippen molar-refractivity contribution < 1.29 is 4.79 Å². The lowest BCUT2D eigenvalue weighted by Gasteiger charge is -2.16. The molecule has 0 aliphatic carbocycles. The van der Waals surface area contributed by atoms with Crippen LogP contribution in [-0.4, -0.2) is 40.4 Å². The first kappa shape index (κ1) is 19.1. The maximum absolute atomic E-state index is 11.6. The van der Waals surface area contributed by atoms with Gasteiger partial charge >= 0.3 is 0 Å². The predicted molar refractivity (Wildman–Crippen MR) is 108 cm³/mol. The summed E-state index contributed by atoms with van der Waals surface area (Å²) in [5, 5.41) is 16.0. The topological polar surface area (TPSA) is 93.9 Å². The van der Waals surface area contributed by atoms with Gasteiger partial charge in [0.15, 0.2) is 0 Å². The number of aromatic nitrogens is 2. The van der Waals surface area contributed by atoms with Gasteiger partial charge in [-0.1, -0.05) is 6.08 Å². The van der Waals surface area contributed by atoms with Crippen LogP contribution in [-0.2, 0) is 4.79 Å². The molecule has 2 N–H and O–H groups in total. The van der Waals surface area contributed by atoms with E-state index in [2.05, 4.69) is 42.6 Å². The lowest BCUT2D eigenvalue weighted by Crippen LogP contribution is -2.27. The van der Waals surface area contributed by atoms with Crippen molar-refractivity contribution >= 4 is 33.4 Å². The van der Waals surface area contributed by atoms with E-state index in [1.807, 2.05) is 30.1 Å². The van der Waals surface area contributed by atoms with Crippen LogP contribution in [0.25, 0.3) is 5.57 Å². The summed E-state index contributed by atoms with van der Waals surface area (Å²) >= 11 is 3.39. The fourth-order valence-corrected chi connectivity index (χ4v) is 3.38. The molecule has 0 spiro atoms. The second kappa shape index (κ2) is 8.82. The third kappa shape index (κ3) is 4.74. The number of halogens is 1. The number of nitrogens with one attached hydrogen (secondary N) is 2. The Balaban J connectivity index is 1.68. The maximum Gasteiger partial charge on any atom is 0.223 e. The van der Waals surface area contributed by atoms with Crippen molar-refractivity contribution in [2.75, 3.05) is 25.0 Å². The molecule has 1 saturated heterocycles. The molecule has 0 radical (unpaired) electrons. The zero-order valence-electron chi connectivity index (χ0n) is 15.1. The number of carbonyl (C=O) groups is 1. The van der Waals surface area contributed by atoms with E-state index in [0.717, 1.165) is 36.1 Å². The lowest BCUT2D eigenvalue weighted by atomic mass is 10.1. The summed E-state index contributed by atoms with van der Waals surface area (Å²) in [6.07, 6.45) is 9.72. The molecular weight excluding hydrogens is 408 g/mol. The molecule has 3 rings (SSSR count). The van der Waals surface area contributed by atoms with Crippen LogP contribution in [0, 0.1) is 18.3 Å². The second-order valence-electron chi connectivity index (χ2n) is 6.39. The highest BCUT2D eigenvalue weighted by molar-refractivity contribution is 9.11. The minimum absolute atomic E-state index is 0.238. The van der Waals surface area contributed by atoms with Crippen molar-refractivity contribution in [3.05, 3.63) is 46.0 Å². The van der Waals surface area contributed by atoms with Crippen molar-refractivity contribution in [2.24, 2.45) is 0 Å². The molecule has 1 amide bonds. The molecule has 2 aliphatic heterocycles. The van der Waals surface area contributed by atoms with Crippen LogP contribution in [0.1, 0.15) is 30.5 Å². The van der Waals surface area contributed by atoms with E-state index in [1.54, 1.807) is 6.20 Å². The fourth-order valence-electron chi connectivity index (χ4n) is 3.02. The second-order valence-corrected chi connectivity index (χ2v) is 7.24. The molecule has 1 aromatic heterocycles. The Kier molecular flexibility index (Phi) is 6.24. The number of hydrogen-bond donors (Lipinski definition) is 2. The van der Waals surface area contributed by atoms with Gasteiger partial charge in [0.1, 0.15) is 11.6 Å². The van der Waals surface area contributed by atoms with Crippen LogP contribution >= 0.6 is 15.9 Å². The molecule has 1 fully saturated rings. The highest BCUT2D eigenvalue weighted by Gasteiger charge is 2.19. The van der Waals surface area contributed by atoms with Crippen LogP contribution in [0.3, 0.4) is 0 Å². The van der Waals surface area contributed by atoms with Gasteiger partial charge in [0.05, 0.1) is 16.0 Å². The van der Waals surface area contributed by atoms with Crippen molar-refractivity contribution in [1.29, 1.82) is 5.26 Å². The molecule has 0 bridgehead atoms. The third-order valence-electron chi connectivity index (χ3n) is 4.41. The molecule has 0 unspecified atom stereocenters. The lowest BCUT2D eigenvalue weighted by molar-refractivity contribution is -0.127. The van der Waals surface area contributed by atoms with Gasteiger partial charge < -0.3 is 15.5 Å². The Labute approximate surface area is 167 Å². The number of nitrogens with zero attached hydrogens (tertiary/aromatic N) is 4. The van der Waals surface area contributed by atoms with Crippen molar-refractivity contribution in [3.8, 4) is 6.07 Å². The van der Waals surface area contributed by atoms with E-state index in [4.69, 9.17) is 0 Å². The number of likely N-dealkylation sites (tertiary alicyclic amines) is 1. The number of rotatable bonds is 6. The van der Waals surface area contributed by atoms with Crippen molar-refractivity contribution in [2.45, 2.75) is 26.2 Å². The molecule has 7 nitrogen and oxygen atoms in total. The van der Waals surface area contributed by atoms with Gasteiger partial charge in [-0.15, -0.1) is 0 Å². The van der Waals surface area contributed by atoms with Gasteiger partial charge in [-0.3, -0.25) is 4.79 Å². The predicted octanol–water partition coefficient (Wildman–Crippen LogP) is 2.84. The number of hydrogen-bond acceptors (Lipinski definition) is 6. The van der Waals surface area contributed by atoms with E-state index in [-0.39, 0.29) is 5.91 Å². The molecule has 3 heterocycles. The minimum Gasteiger partial charge on any atom is -0.354 e. The fraction of sp³-hybridized carbons (Fsp3) is 0.368. The van der Waals surface area contributed by atoms with Crippen molar-refractivity contribution in [3.63, 3.8) is 0 Å². The first-order chi connectivity index (χ1) is 13.1. The Morgan fingerprint density at radius 1 is 1.52 bits per heavy atom. The quantitative estimate of drug-likeness (QED) is 0.410. The summed E-state index contributed by atoms with van der Waals surface area (Å²) in [6, 6.07) is 2.24. The number of aryl methyl sites for hydroxylation is 1. The number of nitriles is 1. The SMILES string of the molecule is Cc1cnc(NCCCN2CCCC2=O)nc1C(C#N)=C1C=CC=C(Br)N1. The highest BCUT2D eigenvalue weighted by Crippen LogP contribution is 2.23. The van der Waals surface area contributed by atoms with Gasteiger partial charge in [-0.2, -0.15) is 5.26 Å². The van der Waals surface area contributed by atoms with Crippen molar-refractivity contribution in [1.82, 2.24) is 20.2 Å². The van der Waals surface area contributed by atoms with Gasteiger partial charge in [-0.05, 0) is 53.4 Å². The molecule has 2 aliphatic rings. The summed E-state index contributed by atoms with van der Waals surface area (Å²) in [7, 11) is 0. The van der Waals surface area contributed by atoms with Gasteiger partial charge in [-0.25, -0.2) is 9.97 Å². The Morgan fingerprint density at radius 3 is 3.07 bits per heavy atom. The summed E-state index contributed by atoms with van der Waals surface area (Å²) in [4.78, 5) is 22.4. The monoisotopic (exact) mass is 428 g/mol. The summed E-state index contributed by atoms with van der Waals surface area (Å²) in [6.45, 7) is 4.14. The number of amides is 1. The average Bonchev–Trinajstić information content (AvgIpc) is 3.07. The zero-order valence-corrected chi connectivity index (χ0v) is 16.7. The third-order valence-corrected chi connectivity index (χ3v) is 4.87.